The summed E-state index contributed by atoms with van der Waals surface area (Å²) in [7, 11) is 0. The van der Waals surface area contributed by atoms with E-state index in [2.05, 4.69) is 69.4 Å². The zero-order valence-corrected chi connectivity index (χ0v) is 31.2. The Bertz CT molecular complexity index is 871. The largest absolute Gasteiger partial charge is 0.462 e. The smallest absolute Gasteiger partial charge is 0.306 e. The van der Waals surface area contributed by atoms with Gasteiger partial charge in [-0.2, -0.15) is 0 Å². The number of unbranched alkanes of at least 4 members (excludes halogenated alkanes) is 15. The van der Waals surface area contributed by atoms with Crippen LogP contribution >= 0.6 is 0 Å². The van der Waals surface area contributed by atoms with Crippen molar-refractivity contribution >= 4 is 17.9 Å². The molecule has 0 bridgehead atoms. The predicted molar refractivity (Wildman–Crippen MR) is 201 cm³/mol. The highest BCUT2D eigenvalue weighted by Crippen LogP contribution is 2.12. The number of ether oxygens (including phenoxy) is 3. The minimum absolute atomic E-state index is 0.0934. The molecule has 0 saturated carbocycles. The van der Waals surface area contributed by atoms with Crippen molar-refractivity contribution in [2.45, 2.75) is 187 Å². The second kappa shape index (κ2) is 37.2. The van der Waals surface area contributed by atoms with E-state index in [4.69, 9.17) is 14.2 Å². The van der Waals surface area contributed by atoms with Crippen LogP contribution in [-0.2, 0) is 28.6 Å². The lowest BCUT2D eigenvalue weighted by Gasteiger charge is -2.18. The number of hydrogen-bond donors (Lipinski definition) is 0. The molecule has 0 aromatic rings. The van der Waals surface area contributed by atoms with Gasteiger partial charge in [0.25, 0.3) is 0 Å². The van der Waals surface area contributed by atoms with Crippen molar-refractivity contribution in [3.63, 3.8) is 0 Å². The molecule has 0 aliphatic rings. The minimum Gasteiger partial charge on any atom is -0.462 e. The summed E-state index contributed by atoms with van der Waals surface area (Å²) in [6.07, 6.45) is 41.1. The maximum atomic E-state index is 12.6. The molecular weight excluding hydrogens is 600 g/mol. The van der Waals surface area contributed by atoms with Crippen LogP contribution in [0.1, 0.15) is 181 Å². The van der Waals surface area contributed by atoms with Crippen molar-refractivity contribution in [2.75, 3.05) is 13.2 Å². The Morgan fingerprint density at radius 1 is 0.438 bits per heavy atom. The van der Waals surface area contributed by atoms with E-state index < -0.39 is 6.10 Å². The van der Waals surface area contributed by atoms with Crippen LogP contribution in [-0.4, -0.2) is 37.2 Å². The maximum absolute atomic E-state index is 12.6. The molecule has 0 aromatic heterocycles. The molecule has 0 amide bonds. The van der Waals surface area contributed by atoms with Gasteiger partial charge in [0.1, 0.15) is 13.2 Å². The second-order valence-corrected chi connectivity index (χ2v) is 12.8. The summed E-state index contributed by atoms with van der Waals surface area (Å²) in [6.45, 7) is 6.34. The average molecular weight is 673 g/mol. The number of carbonyl (C=O) groups is 3. The molecule has 0 radical (unpaired) electrons. The van der Waals surface area contributed by atoms with Crippen LogP contribution in [0, 0.1) is 0 Å². The molecular formula is C42H72O6. The highest BCUT2D eigenvalue weighted by atomic mass is 16.6. The molecule has 6 heteroatoms. The second-order valence-electron chi connectivity index (χ2n) is 12.8. The molecule has 1 atom stereocenters. The summed E-state index contributed by atoms with van der Waals surface area (Å²) in [6, 6.07) is 0. The van der Waals surface area contributed by atoms with Gasteiger partial charge in [-0.05, 0) is 83.5 Å². The van der Waals surface area contributed by atoms with Crippen molar-refractivity contribution in [1.29, 1.82) is 0 Å². The Morgan fingerprint density at radius 2 is 0.812 bits per heavy atom. The van der Waals surface area contributed by atoms with E-state index in [-0.39, 0.29) is 31.1 Å². The van der Waals surface area contributed by atoms with Crippen molar-refractivity contribution in [1.82, 2.24) is 0 Å². The number of allylic oxidation sites excluding steroid dienone is 8. The lowest BCUT2D eigenvalue weighted by Crippen LogP contribution is -2.30. The van der Waals surface area contributed by atoms with Gasteiger partial charge in [-0.3, -0.25) is 14.4 Å². The lowest BCUT2D eigenvalue weighted by atomic mass is 10.1. The van der Waals surface area contributed by atoms with Crippen LogP contribution in [0.2, 0.25) is 0 Å². The van der Waals surface area contributed by atoms with Crippen LogP contribution in [0.5, 0.6) is 0 Å². The van der Waals surface area contributed by atoms with Gasteiger partial charge in [0, 0.05) is 19.3 Å². The van der Waals surface area contributed by atoms with E-state index in [0.717, 1.165) is 96.3 Å². The quantitative estimate of drug-likeness (QED) is 0.0293. The summed E-state index contributed by atoms with van der Waals surface area (Å²) >= 11 is 0. The Kier molecular flexibility index (Phi) is 35.2. The first-order valence-electron chi connectivity index (χ1n) is 19.6. The number of carbonyl (C=O) groups excluding carboxylic acids is 3. The van der Waals surface area contributed by atoms with Crippen molar-refractivity contribution in [3.8, 4) is 0 Å². The Hall–Kier alpha value is -2.63. The number of rotatable bonds is 34. The van der Waals surface area contributed by atoms with Crippen molar-refractivity contribution in [3.05, 3.63) is 48.6 Å². The third-order valence-corrected chi connectivity index (χ3v) is 8.04. The summed E-state index contributed by atoms with van der Waals surface area (Å²) in [5.41, 5.74) is 0. The van der Waals surface area contributed by atoms with Crippen LogP contribution in [0.25, 0.3) is 0 Å². The molecule has 0 heterocycles. The van der Waals surface area contributed by atoms with Crippen LogP contribution in [0.15, 0.2) is 48.6 Å². The van der Waals surface area contributed by atoms with Gasteiger partial charge in [-0.15, -0.1) is 0 Å². The summed E-state index contributed by atoms with van der Waals surface area (Å²) < 4.78 is 16.5. The molecule has 6 nitrogen and oxygen atoms in total. The average Bonchev–Trinajstić information content (AvgIpc) is 3.08. The van der Waals surface area contributed by atoms with E-state index in [1.807, 2.05) is 0 Å². The van der Waals surface area contributed by atoms with Gasteiger partial charge in [-0.25, -0.2) is 0 Å². The molecule has 0 spiro atoms. The first-order valence-corrected chi connectivity index (χ1v) is 19.6. The van der Waals surface area contributed by atoms with E-state index >= 15 is 0 Å². The Balaban J connectivity index is 4.45. The van der Waals surface area contributed by atoms with E-state index in [9.17, 15) is 14.4 Å². The maximum Gasteiger partial charge on any atom is 0.306 e. The third kappa shape index (κ3) is 34.7. The molecule has 0 aromatic carbocycles. The zero-order chi connectivity index (χ0) is 35.2. The fourth-order valence-corrected chi connectivity index (χ4v) is 5.03. The van der Waals surface area contributed by atoms with E-state index in [0.29, 0.717) is 19.3 Å². The number of esters is 3. The van der Waals surface area contributed by atoms with Gasteiger partial charge >= 0.3 is 17.9 Å². The molecule has 48 heavy (non-hydrogen) atoms. The van der Waals surface area contributed by atoms with E-state index in [1.165, 1.54) is 44.9 Å². The summed E-state index contributed by atoms with van der Waals surface area (Å²) in [4.78, 5) is 37.4. The van der Waals surface area contributed by atoms with Crippen LogP contribution < -0.4 is 0 Å². The molecule has 0 fully saturated rings. The third-order valence-electron chi connectivity index (χ3n) is 8.04. The van der Waals surface area contributed by atoms with Gasteiger partial charge in [0.05, 0.1) is 0 Å². The lowest BCUT2D eigenvalue weighted by molar-refractivity contribution is -0.167. The van der Waals surface area contributed by atoms with Gasteiger partial charge in [-0.1, -0.05) is 127 Å². The van der Waals surface area contributed by atoms with E-state index in [1.54, 1.807) is 0 Å². The molecule has 1 unspecified atom stereocenters. The Labute approximate surface area is 295 Å². The molecule has 0 rings (SSSR count). The molecule has 0 saturated heterocycles. The minimum atomic E-state index is -0.789. The SMILES string of the molecule is CC/C=C\C/C=C\CCCCC(=O)OCC(COC(=O)CCCCCCC/C=C\CCCC)OC(=O)CCCCCC/C=C\CCCC. The topological polar surface area (TPSA) is 78.9 Å². The van der Waals surface area contributed by atoms with Crippen molar-refractivity contribution in [2.24, 2.45) is 0 Å². The Morgan fingerprint density at radius 3 is 1.31 bits per heavy atom. The standard InChI is InChI=1S/C42H72O6/c1-4-7-10-13-16-19-21-24-26-29-32-35-41(44)47-38-39(37-46-40(43)34-31-28-25-22-18-15-12-9-6-3)48-42(45)36-33-30-27-23-20-17-14-11-8-5-2/h9,12-14,16-18,22,39H,4-8,10-11,15,19-21,23-38H2,1-3H3/b12-9-,16-13-,17-14-,22-18-. The fourth-order valence-electron chi connectivity index (χ4n) is 5.03. The van der Waals surface area contributed by atoms with Gasteiger partial charge < -0.3 is 14.2 Å². The molecule has 0 N–H and O–H groups in total. The van der Waals surface area contributed by atoms with Crippen LogP contribution in [0.3, 0.4) is 0 Å². The summed E-state index contributed by atoms with van der Waals surface area (Å²) in [5, 5.41) is 0. The fraction of sp³-hybridized carbons (Fsp3) is 0.738. The monoisotopic (exact) mass is 673 g/mol. The highest BCUT2D eigenvalue weighted by molar-refractivity contribution is 5.71. The van der Waals surface area contributed by atoms with Crippen molar-refractivity contribution < 1.29 is 28.6 Å². The number of hydrogen-bond acceptors (Lipinski definition) is 6. The highest BCUT2D eigenvalue weighted by Gasteiger charge is 2.19. The summed E-state index contributed by atoms with van der Waals surface area (Å²) in [5.74, 6) is -0.965. The zero-order valence-electron chi connectivity index (χ0n) is 31.2. The normalized spacial score (nSPS) is 12.5. The molecule has 0 aliphatic carbocycles. The molecule has 276 valence electrons. The predicted octanol–water partition coefficient (Wildman–Crippen LogP) is 12.0. The molecule has 0 aliphatic heterocycles. The van der Waals surface area contributed by atoms with Crippen LogP contribution in [0.4, 0.5) is 0 Å². The first-order chi connectivity index (χ1) is 23.5. The first kappa shape index (κ1) is 45.4. The van der Waals surface area contributed by atoms with Gasteiger partial charge in [0.2, 0.25) is 0 Å². The van der Waals surface area contributed by atoms with Gasteiger partial charge in [0.15, 0.2) is 6.10 Å².